The number of nitrogens with zero attached hydrogens (tertiary/aromatic N) is 2. The van der Waals surface area contributed by atoms with Gasteiger partial charge in [0.25, 0.3) is 0 Å². The minimum Gasteiger partial charge on any atom is -0.341 e. The predicted molar refractivity (Wildman–Crippen MR) is 115 cm³/mol. The zero-order valence-electron chi connectivity index (χ0n) is 15.9. The molecule has 2 heterocycles. The average molecular weight is 427 g/mol. The van der Waals surface area contributed by atoms with E-state index in [2.05, 4.69) is 16.7 Å². The summed E-state index contributed by atoms with van der Waals surface area (Å²) in [4.78, 5) is 17.7. The molecule has 3 atom stereocenters. The van der Waals surface area contributed by atoms with Crippen molar-refractivity contribution in [3.63, 3.8) is 0 Å². The smallest absolute Gasteiger partial charge is 0.227 e. The fourth-order valence-corrected chi connectivity index (χ4v) is 6.85. The Morgan fingerprint density at radius 3 is 2.70 bits per heavy atom. The Balaban J connectivity index is 1.46. The molecule has 1 saturated carbocycles. The molecule has 2 aliphatic heterocycles. The summed E-state index contributed by atoms with van der Waals surface area (Å²) >= 11 is 14.3. The van der Waals surface area contributed by atoms with E-state index in [9.17, 15) is 4.79 Å². The molecule has 6 heteroatoms. The second-order valence-corrected chi connectivity index (χ2v) is 10.7. The van der Waals surface area contributed by atoms with E-state index < -0.39 is 0 Å². The lowest BCUT2D eigenvalue weighted by Gasteiger charge is -2.52. The lowest BCUT2D eigenvalue weighted by atomic mass is 9.77. The fourth-order valence-electron chi connectivity index (χ4n) is 4.97. The second kappa shape index (κ2) is 8.14. The highest BCUT2D eigenvalue weighted by molar-refractivity contribution is 8.00. The highest BCUT2D eigenvalue weighted by Crippen LogP contribution is 2.50. The molecule has 3 nitrogen and oxygen atoms in total. The molecular weight excluding hydrogens is 399 g/mol. The number of rotatable bonds is 4. The van der Waals surface area contributed by atoms with E-state index in [1.807, 2.05) is 24.1 Å². The van der Waals surface area contributed by atoms with E-state index in [1.165, 1.54) is 50.9 Å². The third-order valence-corrected chi connectivity index (χ3v) is 9.12. The highest BCUT2D eigenvalue weighted by atomic mass is 35.5. The zero-order valence-corrected chi connectivity index (χ0v) is 18.3. The molecule has 1 aromatic carbocycles. The van der Waals surface area contributed by atoms with Crippen LogP contribution in [0.2, 0.25) is 10.0 Å². The lowest BCUT2D eigenvalue weighted by Crippen LogP contribution is -2.60. The van der Waals surface area contributed by atoms with Gasteiger partial charge in [-0.3, -0.25) is 9.69 Å². The summed E-state index contributed by atoms with van der Waals surface area (Å²) in [6, 6.07) is 6.33. The number of hydrogen-bond acceptors (Lipinski definition) is 3. The molecule has 1 aliphatic carbocycles. The third kappa shape index (κ3) is 4.14. The van der Waals surface area contributed by atoms with Gasteiger partial charge in [-0.2, -0.15) is 11.8 Å². The summed E-state index contributed by atoms with van der Waals surface area (Å²) in [5.41, 5.74) is 0.931. The molecule has 3 fully saturated rings. The van der Waals surface area contributed by atoms with E-state index in [0.29, 0.717) is 33.3 Å². The Labute approximate surface area is 176 Å². The molecular formula is C21H28Cl2N2OS. The number of hydrogen-bond donors (Lipinski definition) is 0. The minimum atomic E-state index is 0.180. The monoisotopic (exact) mass is 426 g/mol. The summed E-state index contributed by atoms with van der Waals surface area (Å²) < 4.78 is 0.477. The fraction of sp³-hybridized carbons (Fsp3) is 0.667. The molecule has 0 N–H and O–H groups in total. The van der Waals surface area contributed by atoms with E-state index in [-0.39, 0.29) is 5.91 Å². The van der Waals surface area contributed by atoms with Crippen molar-refractivity contribution in [1.82, 2.24) is 9.80 Å². The summed E-state index contributed by atoms with van der Waals surface area (Å²) in [6.07, 6.45) is 8.01. The quantitative estimate of drug-likeness (QED) is 0.684. The molecule has 1 amide bonds. The molecule has 0 bridgehead atoms. The van der Waals surface area contributed by atoms with Crippen molar-refractivity contribution in [3.05, 3.63) is 33.8 Å². The summed E-state index contributed by atoms with van der Waals surface area (Å²) in [7, 11) is 2.00. The Morgan fingerprint density at radius 1 is 1.26 bits per heavy atom. The van der Waals surface area contributed by atoms with Gasteiger partial charge in [0.05, 0.1) is 16.5 Å². The van der Waals surface area contributed by atoms with Crippen molar-refractivity contribution in [2.75, 3.05) is 25.9 Å². The Kier molecular flexibility index (Phi) is 5.99. The van der Waals surface area contributed by atoms with Crippen molar-refractivity contribution in [2.24, 2.45) is 0 Å². The van der Waals surface area contributed by atoms with Crippen molar-refractivity contribution < 1.29 is 4.79 Å². The normalized spacial score (nSPS) is 31.1. The molecule has 3 aliphatic rings. The number of thioether (sulfide) groups is 1. The topological polar surface area (TPSA) is 23.6 Å². The van der Waals surface area contributed by atoms with Gasteiger partial charge < -0.3 is 4.90 Å². The van der Waals surface area contributed by atoms with E-state index in [1.54, 1.807) is 6.07 Å². The minimum absolute atomic E-state index is 0.180. The Hall–Kier alpha value is -0.420. The van der Waals surface area contributed by atoms with Crippen LogP contribution in [0.15, 0.2) is 18.2 Å². The van der Waals surface area contributed by atoms with Crippen LogP contribution in [0, 0.1) is 0 Å². The first kappa shape index (κ1) is 19.9. The third-order valence-electron chi connectivity index (χ3n) is 6.70. The van der Waals surface area contributed by atoms with Crippen molar-refractivity contribution >= 4 is 40.9 Å². The highest BCUT2D eigenvalue weighted by Gasteiger charge is 2.47. The van der Waals surface area contributed by atoms with Crippen LogP contribution in [0.5, 0.6) is 0 Å². The molecule has 4 rings (SSSR count). The number of halogens is 2. The molecule has 2 saturated heterocycles. The number of benzene rings is 1. The van der Waals surface area contributed by atoms with Gasteiger partial charge >= 0.3 is 0 Å². The van der Waals surface area contributed by atoms with Gasteiger partial charge in [-0.25, -0.2) is 0 Å². The van der Waals surface area contributed by atoms with Gasteiger partial charge in [0.1, 0.15) is 0 Å². The second-order valence-electron chi connectivity index (χ2n) is 8.33. The van der Waals surface area contributed by atoms with Gasteiger partial charge in [0.2, 0.25) is 5.91 Å². The number of amides is 1. The van der Waals surface area contributed by atoms with Crippen LogP contribution in [-0.4, -0.2) is 58.4 Å². The SMILES string of the molecule is CN(C(=O)Cc1ccc(Cl)c(Cl)c1)C1CCC2(CCCS2)CC1N1CCC1. The largest absolute Gasteiger partial charge is 0.341 e. The Morgan fingerprint density at radius 2 is 2.07 bits per heavy atom. The molecule has 0 radical (unpaired) electrons. The zero-order chi connectivity index (χ0) is 19.0. The molecule has 1 aromatic rings. The molecule has 27 heavy (non-hydrogen) atoms. The van der Waals surface area contributed by atoms with Crippen LogP contribution in [-0.2, 0) is 11.2 Å². The summed E-state index contributed by atoms with van der Waals surface area (Å²) in [5, 5.41) is 1.05. The van der Waals surface area contributed by atoms with Gasteiger partial charge in [0, 0.05) is 23.9 Å². The van der Waals surface area contributed by atoms with Crippen molar-refractivity contribution in [1.29, 1.82) is 0 Å². The number of carbonyl (C=O) groups is 1. The van der Waals surface area contributed by atoms with Crippen molar-refractivity contribution in [3.8, 4) is 0 Å². The lowest BCUT2D eigenvalue weighted by molar-refractivity contribution is -0.134. The first-order valence-corrected chi connectivity index (χ1v) is 11.8. The van der Waals surface area contributed by atoms with E-state index >= 15 is 0 Å². The standard InChI is InChI=1S/C21H28Cl2N2OS/c1-24(20(26)13-15-4-5-16(22)17(23)12-15)18-6-8-21(7-2-11-27-21)14-19(18)25-9-3-10-25/h4-5,12,18-19H,2-3,6-11,13-14H2,1H3. The van der Waals surface area contributed by atoms with Crippen LogP contribution in [0.3, 0.4) is 0 Å². The van der Waals surface area contributed by atoms with E-state index in [4.69, 9.17) is 23.2 Å². The van der Waals surface area contributed by atoms with E-state index in [0.717, 1.165) is 12.0 Å². The van der Waals surface area contributed by atoms with Crippen LogP contribution in [0.4, 0.5) is 0 Å². The van der Waals surface area contributed by atoms with Gasteiger partial charge in [-0.1, -0.05) is 29.3 Å². The van der Waals surface area contributed by atoms with Gasteiger partial charge in [-0.05, 0) is 75.1 Å². The van der Waals surface area contributed by atoms with Crippen LogP contribution in [0.25, 0.3) is 0 Å². The number of likely N-dealkylation sites (N-methyl/N-ethyl adjacent to an activating group) is 1. The molecule has 1 spiro atoms. The van der Waals surface area contributed by atoms with Crippen LogP contribution in [0.1, 0.15) is 44.1 Å². The number of likely N-dealkylation sites (tertiary alicyclic amines) is 1. The molecule has 148 valence electrons. The predicted octanol–water partition coefficient (Wildman–Crippen LogP) is 4.89. The van der Waals surface area contributed by atoms with Crippen LogP contribution < -0.4 is 0 Å². The van der Waals surface area contributed by atoms with Gasteiger partial charge in [-0.15, -0.1) is 0 Å². The Bertz CT molecular complexity index is 703. The summed E-state index contributed by atoms with van der Waals surface area (Å²) in [5.74, 6) is 1.49. The molecule has 0 aromatic heterocycles. The molecule has 3 unspecified atom stereocenters. The maximum Gasteiger partial charge on any atom is 0.227 e. The number of carbonyl (C=O) groups excluding carboxylic acids is 1. The first-order chi connectivity index (χ1) is 13.0. The van der Waals surface area contributed by atoms with Gasteiger partial charge in [0.15, 0.2) is 0 Å². The maximum absolute atomic E-state index is 13.0. The average Bonchev–Trinajstić information content (AvgIpc) is 3.04. The maximum atomic E-state index is 13.0. The van der Waals surface area contributed by atoms with Crippen molar-refractivity contribution in [2.45, 2.75) is 61.8 Å². The first-order valence-electron chi connectivity index (χ1n) is 10.1. The summed E-state index contributed by atoms with van der Waals surface area (Å²) in [6.45, 7) is 2.38. The van der Waals surface area contributed by atoms with Crippen LogP contribution >= 0.6 is 35.0 Å².